The number of nitrogens with zero attached hydrogens (tertiary/aromatic N) is 2. The van der Waals surface area contributed by atoms with Gasteiger partial charge in [0.2, 0.25) is 0 Å². The number of esters is 2. The molecule has 4 aliphatic heterocycles. The highest BCUT2D eigenvalue weighted by atomic mass is 16.6. The molecule has 0 aliphatic carbocycles. The van der Waals surface area contributed by atoms with Crippen molar-refractivity contribution in [3.05, 3.63) is 0 Å². The Hall–Kier alpha value is -1.30. The number of rotatable bonds is 21. The van der Waals surface area contributed by atoms with Crippen LogP contribution in [-0.4, -0.2) is 129 Å². The minimum absolute atomic E-state index is 0.326. The van der Waals surface area contributed by atoms with Crippen LogP contribution in [0, 0.1) is 23.7 Å². The fraction of sp³-hybridized carbons (Fsp3) is 0.950. The van der Waals surface area contributed by atoms with Gasteiger partial charge in [-0.05, 0) is 51.4 Å². The number of aliphatic hydroxyl groups is 4. The summed E-state index contributed by atoms with van der Waals surface area (Å²) >= 11 is 0. The van der Waals surface area contributed by atoms with Gasteiger partial charge in [0.1, 0.15) is 0 Å². The van der Waals surface area contributed by atoms with E-state index in [4.69, 9.17) is 9.47 Å². The molecule has 0 aromatic heterocycles. The van der Waals surface area contributed by atoms with Gasteiger partial charge in [-0.25, -0.2) is 9.59 Å². The average molecular weight is 711 g/mol. The van der Waals surface area contributed by atoms with E-state index in [1.807, 2.05) is 0 Å². The van der Waals surface area contributed by atoms with Crippen LogP contribution in [0.5, 0.6) is 0 Å². The van der Waals surface area contributed by atoms with Gasteiger partial charge in [-0.2, -0.15) is 0 Å². The number of aliphatic hydroxyl groups excluding tert-OH is 2. The number of fused-ring (bicyclic) bond motifs is 2. The van der Waals surface area contributed by atoms with Crippen LogP contribution in [0.1, 0.15) is 131 Å². The smallest absolute Gasteiger partial charge is 0.341 e. The van der Waals surface area contributed by atoms with Crippen molar-refractivity contribution in [1.29, 1.82) is 0 Å². The zero-order valence-corrected chi connectivity index (χ0v) is 32.5. The first-order chi connectivity index (χ1) is 23.6. The first-order valence-electron chi connectivity index (χ1n) is 20.5. The van der Waals surface area contributed by atoms with E-state index >= 15 is 0 Å². The molecule has 10 heteroatoms. The molecule has 0 aromatic carbocycles. The second-order valence-electron chi connectivity index (χ2n) is 17.8. The molecule has 0 radical (unpaired) electrons. The second-order valence-corrected chi connectivity index (χ2v) is 17.8. The molecule has 4 heterocycles. The first kappa shape index (κ1) is 41.5. The quantitative estimate of drug-likeness (QED) is 0.0764. The lowest BCUT2D eigenvalue weighted by atomic mass is 9.85. The summed E-state index contributed by atoms with van der Waals surface area (Å²) in [4.78, 5) is 25.5. The van der Waals surface area contributed by atoms with Gasteiger partial charge < -0.3 is 38.9 Å². The summed E-state index contributed by atoms with van der Waals surface area (Å²) in [6.45, 7) is 17.5. The van der Waals surface area contributed by atoms with Gasteiger partial charge in [-0.15, -0.1) is 0 Å². The predicted octanol–water partition coefficient (Wildman–Crippen LogP) is 4.73. The maximum atomic E-state index is 12.7. The Kier molecular flexibility index (Phi) is 14.7. The SMILES string of the molecule is CC(C)[C@](O)(C(=O)OC[C@@H]1C[C@@H]2CCC[N+]2(CCCCCCCCCC[N+]23CCC[C@@H]2C[C@H](COC(=O)[C@@](O)(C(C)C)[C@@H](C)O)C3)C1)[C@H](C)O. The Bertz CT molecular complexity index is 997. The molecule has 10 atom stereocenters. The number of quaternary nitrogens is 2. The summed E-state index contributed by atoms with van der Waals surface area (Å²) in [5.41, 5.74) is -3.72. The number of carbonyl (C=O) groups excluding carboxylic acids is 2. The minimum atomic E-state index is -1.86. The van der Waals surface area contributed by atoms with Crippen molar-refractivity contribution in [2.75, 3.05) is 52.5 Å². The van der Waals surface area contributed by atoms with Gasteiger partial charge in [0, 0.05) is 50.4 Å². The fourth-order valence-electron chi connectivity index (χ4n) is 10.6. The number of hydrogen-bond acceptors (Lipinski definition) is 8. The molecule has 0 aromatic rings. The zero-order chi connectivity index (χ0) is 36.7. The van der Waals surface area contributed by atoms with Crippen molar-refractivity contribution in [3.63, 3.8) is 0 Å². The van der Waals surface area contributed by atoms with Gasteiger partial charge in [0.15, 0.2) is 11.2 Å². The molecule has 4 saturated heterocycles. The van der Waals surface area contributed by atoms with Crippen molar-refractivity contribution < 1.29 is 48.5 Å². The molecule has 290 valence electrons. The van der Waals surface area contributed by atoms with Gasteiger partial charge in [-0.3, -0.25) is 0 Å². The third kappa shape index (κ3) is 9.07. The Morgan fingerprint density at radius 1 is 0.620 bits per heavy atom. The highest BCUT2D eigenvalue weighted by Crippen LogP contribution is 2.41. The van der Waals surface area contributed by atoms with E-state index in [1.165, 1.54) is 126 Å². The van der Waals surface area contributed by atoms with Crippen LogP contribution in [0.2, 0.25) is 0 Å². The molecular weight excluding hydrogens is 636 g/mol. The molecule has 4 rings (SSSR count). The lowest BCUT2D eigenvalue weighted by Crippen LogP contribution is -2.53. The first-order valence-corrected chi connectivity index (χ1v) is 20.5. The van der Waals surface area contributed by atoms with E-state index in [1.54, 1.807) is 27.7 Å². The standard InChI is InChI=1S/C40H74N2O8/c1-29(2)39(47,31(5)43)37(45)49-27-33-23-35-17-15-21-41(35,25-33)19-13-11-9-7-8-10-12-14-20-42-22-16-18-36(42)24-34(26-42)28-50-38(46)40(48,30(3)4)32(6)44/h29-36,43-44,47-48H,7-28H2,1-6H3/q+2/t31-,32+,33+,34-,35-,36+,39-,40-,41?,42?/m1/s1. The number of carbonyl (C=O) groups is 2. The van der Waals surface area contributed by atoms with Crippen LogP contribution in [0.15, 0.2) is 0 Å². The minimum Gasteiger partial charge on any atom is -0.463 e. The van der Waals surface area contributed by atoms with Crippen LogP contribution in [-0.2, 0) is 19.1 Å². The fourth-order valence-corrected chi connectivity index (χ4v) is 10.6. The predicted molar refractivity (Wildman–Crippen MR) is 194 cm³/mol. The summed E-state index contributed by atoms with van der Waals surface area (Å²) in [6.07, 6.45) is 15.2. The van der Waals surface area contributed by atoms with Crippen LogP contribution >= 0.6 is 0 Å². The summed E-state index contributed by atoms with van der Waals surface area (Å²) in [5, 5.41) is 41.7. The third-order valence-electron chi connectivity index (χ3n) is 13.8. The van der Waals surface area contributed by atoms with Gasteiger partial charge in [-0.1, -0.05) is 53.4 Å². The average Bonchev–Trinajstić information content (AvgIpc) is 3.80. The zero-order valence-electron chi connectivity index (χ0n) is 32.5. The van der Waals surface area contributed by atoms with Crippen LogP contribution in [0.3, 0.4) is 0 Å². The maximum absolute atomic E-state index is 12.7. The number of hydrogen-bond donors (Lipinski definition) is 4. The highest BCUT2D eigenvalue weighted by Gasteiger charge is 2.52. The molecule has 4 N–H and O–H groups in total. The molecule has 4 aliphatic rings. The molecule has 2 unspecified atom stereocenters. The molecule has 4 fully saturated rings. The topological polar surface area (TPSA) is 134 Å². The van der Waals surface area contributed by atoms with Crippen LogP contribution < -0.4 is 0 Å². The van der Waals surface area contributed by atoms with Crippen molar-refractivity contribution in [2.24, 2.45) is 23.7 Å². The molecule has 0 saturated carbocycles. The third-order valence-corrected chi connectivity index (χ3v) is 13.8. The number of ether oxygens (including phenoxy) is 2. The van der Waals surface area contributed by atoms with E-state index in [0.717, 1.165) is 25.9 Å². The lowest BCUT2D eigenvalue weighted by molar-refractivity contribution is -0.928. The Balaban J connectivity index is 1.08. The van der Waals surface area contributed by atoms with Crippen molar-refractivity contribution >= 4 is 11.9 Å². The molecular formula is C40H74N2O8+2. The van der Waals surface area contributed by atoms with Crippen molar-refractivity contribution in [1.82, 2.24) is 0 Å². The van der Waals surface area contributed by atoms with Gasteiger partial charge in [0.05, 0.1) is 76.8 Å². The Labute approximate surface area is 303 Å². The molecule has 0 spiro atoms. The monoisotopic (exact) mass is 711 g/mol. The summed E-state index contributed by atoms with van der Waals surface area (Å²) in [5.74, 6) is -1.58. The Morgan fingerprint density at radius 3 is 1.28 bits per heavy atom. The summed E-state index contributed by atoms with van der Waals surface area (Å²) in [6, 6.07) is 1.34. The molecule has 10 nitrogen and oxygen atoms in total. The lowest BCUT2D eigenvalue weighted by Gasteiger charge is -2.35. The van der Waals surface area contributed by atoms with Gasteiger partial charge in [0.25, 0.3) is 0 Å². The van der Waals surface area contributed by atoms with E-state index in [2.05, 4.69) is 0 Å². The molecule has 0 amide bonds. The Morgan fingerprint density at radius 2 is 0.960 bits per heavy atom. The van der Waals surface area contributed by atoms with Crippen molar-refractivity contribution in [2.45, 2.75) is 167 Å². The van der Waals surface area contributed by atoms with E-state index in [-0.39, 0.29) is 0 Å². The number of unbranched alkanes of at least 4 members (excludes halogenated alkanes) is 7. The van der Waals surface area contributed by atoms with Crippen molar-refractivity contribution in [3.8, 4) is 0 Å². The van der Waals surface area contributed by atoms with E-state index in [9.17, 15) is 30.0 Å². The molecule has 0 bridgehead atoms. The highest BCUT2D eigenvalue weighted by molar-refractivity contribution is 5.81. The van der Waals surface area contributed by atoms with Crippen LogP contribution in [0.4, 0.5) is 0 Å². The maximum Gasteiger partial charge on any atom is 0.341 e. The largest absolute Gasteiger partial charge is 0.463 e. The van der Waals surface area contributed by atoms with E-state index < -0.39 is 47.2 Å². The summed E-state index contributed by atoms with van der Waals surface area (Å²) in [7, 11) is 0. The van der Waals surface area contributed by atoms with Gasteiger partial charge >= 0.3 is 11.9 Å². The van der Waals surface area contributed by atoms with Crippen LogP contribution in [0.25, 0.3) is 0 Å². The normalized spacial score (nSPS) is 32.8. The molecule has 50 heavy (non-hydrogen) atoms. The summed E-state index contributed by atoms with van der Waals surface area (Å²) < 4.78 is 13.6. The van der Waals surface area contributed by atoms with E-state index in [0.29, 0.717) is 37.1 Å². The second kappa shape index (κ2) is 17.7.